The second kappa shape index (κ2) is 13.9. The van der Waals surface area contributed by atoms with Gasteiger partial charge in [0.2, 0.25) is 0 Å². The number of imide groups is 4. The number of rotatable bonds is 6. The molecule has 7 aromatic carbocycles. The van der Waals surface area contributed by atoms with Gasteiger partial charge < -0.3 is 10.1 Å². The van der Waals surface area contributed by atoms with Crippen LogP contribution in [0, 0.1) is 0 Å². The topological polar surface area (TPSA) is 198 Å². The van der Waals surface area contributed by atoms with Gasteiger partial charge in [0.25, 0.3) is 47.3 Å². The Morgan fingerprint density at radius 3 is 1.49 bits per heavy atom. The molecule has 0 aliphatic carbocycles. The highest BCUT2D eigenvalue weighted by atomic mass is 16.3. The summed E-state index contributed by atoms with van der Waals surface area (Å²) in [6.07, 6.45) is 0. The standard InChI is InChI=1S/C52H28N6O9/c1-55-45(60)36-9-5-8-31(43(36)52(55)67)27-12-17-34-39(22-27)51(66)58(48(34)63)30-13-18-35(42(59)24-30)44-53-40-19-14-29(23-41(40)54-44)57-47(62)33-16-11-26(21-38(33)50(57)65)25-10-15-32-37(20-25)49(64)56(46(32)61)28-6-3-2-4-7-28/h2-24,59H,1H3,(H,53,54). The summed E-state index contributed by atoms with van der Waals surface area (Å²) < 4.78 is 0. The Labute approximate surface area is 377 Å². The first kappa shape index (κ1) is 39.0. The highest BCUT2D eigenvalue weighted by Gasteiger charge is 2.41. The van der Waals surface area contributed by atoms with E-state index in [1.54, 1.807) is 109 Å². The Hall–Kier alpha value is -9.63. The molecule has 1 aromatic heterocycles. The average Bonchev–Trinajstić information content (AvgIpc) is 4.08. The van der Waals surface area contributed by atoms with E-state index in [9.17, 15) is 43.5 Å². The molecule has 0 spiro atoms. The van der Waals surface area contributed by atoms with E-state index in [-0.39, 0.29) is 73.0 Å². The van der Waals surface area contributed by atoms with E-state index in [0.717, 1.165) is 19.6 Å². The van der Waals surface area contributed by atoms with Gasteiger partial charge in [0.1, 0.15) is 11.6 Å². The summed E-state index contributed by atoms with van der Waals surface area (Å²) in [4.78, 5) is 119. The largest absolute Gasteiger partial charge is 0.507 e. The summed E-state index contributed by atoms with van der Waals surface area (Å²) in [5.41, 5.74) is 5.51. The Bertz CT molecular complexity index is 3710. The fourth-order valence-corrected chi connectivity index (χ4v) is 9.29. The maximum absolute atomic E-state index is 14.0. The number of phenolic OH excluding ortho intramolecular Hbond substituents is 1. The van der Waals surface area contributed by atoms with Crippen LogP contribution >= 0.6 is 0 Å². The van der Waals surface area contributed by atoms with Crippen LogP contribution in [0.5, 0.6) is 5.75 Å². The zero-order valence-electron chi connectivity index (χ0n) is 34.7. The van der Waals surface area contributed by atoms with Gasteiger partial charge >= 0.3 is 0 Å². The Balaban J connectivity index is 0.792. The quantitative estimate of drug-likeness (QED) is 0.155. The van der Waals surface area contributed by atoms with Crippen LogP contribution in [-0.4, -0.2) is 74.3 Å². The van der Waals surface area contributed by atoms with Crippen molar-refractivity contribution in [2.45, 2.75) is 0 Å². The molecule has 15 nitrogen and oxygen atoms in total. The summed E-state index contributed by atoms with van der Waals surface area (Å²) in [6, 6.07) is 36.9. The molecule has 320 valence electrons. The van der Waals surface area contributed by atoms with E-state index in [0.29, 0.717) is 39.0 Å². The van der Waals surface area contributed by atoms with Crippen molar-refractivity contribution < 1.29 is 43.5 Å². The first-order valence-corrected chi connectivity index (χ1v) is 20.8. The molecule has 4 aliphatic heterocycles. The van der Waals surface area contributed by atoms with E-state index >= 15 is 0 Å². The molecule has 8 aromatic rings. The lowest BCUT2D eigenvalue weighted by atomic mass is 9.94. The summed E-state index contributed by atoms with van der Waals surface area (Å²) in [7, 11) is 1.40. The number of phenols is 1. The maximum Gasteiger partial charge on any atom is 0.266 e. The lowest BCUT2D eigenvalue weighted by Crippen LogP contribution is -2.29. The van der Waals surface area contributed by atoms with Crippen molar-refractivity contribution in [3.63, 3.8) is 0 Å². The van der Waals surface area contributed by atoms with Crippen LogP contribution in [0.1, 0.15) is 82.9 Å². The van der Waals surface area contributed by atoms with Crippen molar-refractivity contribution in [1.29, 1.82) is 0 Å². The third kappa shape index (κ3) is 5.54. The van der Waals surface area contributed by atoms with Crippen molar-refractivity contribution in [3.8, 4) is 39.4 Å². The summed E-state index contributed by atoms with van der Waals surface area (Å²) in [6.45, 7) is 0. The second-order valence-corrected chi connectivity index (χ2v) is 16.3. The van der Waals surface area contributed by atoms with E-state index in [4.69, 9.17) is 0 Å². The average molecular weight is 881 g/mol. The summed E-state index contributed by atoms with van der Waals surface area (Å²) in [5.74, 6) is -4.24. The van der Waals surface area contributed by atoms with Crippen molar-refractivity contribution in [2.75, 3.05) is 21.7 Å². The maximum atomic E-state index is 14.0. The molecule has 2 N–H and O–H groups in total. The van der Waals surface area contributed by atoms with Gasteiger partial charge in [-0.3, -0.25) is 43.3 Å². The summed E-state index contributed by atoms with van der Waals surface area (Å²) >= 11 is 0. The number of imidazole rings is 1. The number of aromatic hydroxyl groups is 1. The number of carbonyl (C=O) groups excluding carboxylic acids is 8. The van der Waals surface area contributed by atoms with Crippen molar-refractivity contribution in [1.82, 2.24) is 14.9 Å². The molecule has 0 saturated carbocycles. The van der Waals surface area contributed by atoms with Gasteiger partial charge in [0.15, 0.2) is 0 Å². The van der Waals surface area contributed by atoms with Crippen LogP contribution in [0.3, 0.4) is 0 Å². The van der Waals surface area contributed by atoms with Crippen LogP contribution < -0.4 is 14.7 Å². The molecule has 0 fully saturated rings. The number of nitrogens with one attached hydrogen (secondary N) is 1. The molecule has 5 heterocycles. The van der Waals surface area contributed by atoms with E-state index in [2.05, 4.69) is 9.97 Å². The minimum absolute atomic E-state index is 0.0897. The van der Waals surface area contributed by atoms with Gasteiger partial charge in [-0.25, -0.2) is 19.7 Å². The second-order valence-electron chi connectivity index (χ2n) is 16.3. The molecular formula is C52H28N6O9. The van der Waals surface area contributed by atoms with E-state index in [1.807, 2.05) is 0 Å². The molecule has 67 heavy (non-hydrogen) atoms. The molecular weight excluding hydrogens is 853 g/mol. The van der Waals surface area contributed by atoms with Gasteiger partial charge in [0, 0.05) is 13.1 Å². The third-order valence-electron chi connectivity index (χ3n) is 12.7. The molecule has 8 amide bonds. The predicted molar refractivity (Wildman–Crippen MR) is 243 cm³/mol. The highest BCUT2D eigenvalue weighted by Crippen LogP contribution is 2.40. The first-order valence-electron chi connectivity index (χ1n) is 20.8. The van der Waals surface area contributed by atoms with Gasteiger partial charge in [0.05, 0.1) is 78.2 Å². The predicted octanol–water partition coefficient (Wildman–Crippen LogP) is 7.90. The molecule has 0 atom stereocenters. The summed E-state index contributed by atoms with van der Waals surface area (Å²) in [5, 5.41) is 11.3. The molecule has 0 saturated heterocycles. The third-order valence-corrected chi connectivity index (χ3v) is 12.7. The number of anilines is 3. The molecule has 12 rings (SSSR count). The number of aromatic amines is 1. The van der Waals surface area contributed by atoms with Gasteiger partial charge in [-0.05, 0) is 107 Å². The lowest BCUT2D eigenvalue weighted by Gasteiger charge is -2.15. The smallest absolute Gasteiger partial charge is 0.266 e. The van der Waals surface area contributed by atoms with Gasteiger partial charge in [-0.1, -0.05) is 48.5 Å². The van der Waals surface area contributed by atoms with Crippen LogP contribution in [0.4, 0.5) is 17.1 Å². The van der Waals surface area contributed by atoms with Crippen molar-refractivity contribution in [3.05, 3.63) is 184 Å². The monoisotopic (exact) mass is 880 g/mol. The number of hydrogen-bond donors (Lipinski definition) is 2. The fraction of sp³-hybridized carbons (Fsp3) is 0.0192. The van der Waals surface area contributed by atoms with E-state index in [1.165, 1.54) is 37.4 Å². The van der Waals surface area contributed by atoms with Crippen LogP contribution in [-0.2, 0) is 0 Å². The SMILES string of the molecule is CN1C(=O)c2cccc(-c3ccc4c(c3)C(=O)N(c3ccc(-c5nc6cc(N7C(=O)c8ccc(-c9ccc%10c(c9)C(=O)N(c9ccccc9)C%10=O)cc8C7=O)ccc6[nH]5)c(O)c3)C4=O)c2C1=O. The van der Waals surface area contributed by atoms with Crippen LogP contribution in [0.25, 0.3) is 44.7 Å². The van der Waals surface area contributed by atoms with Gasteiger partial charge in [-0.2, -0.15) is 0 Å². The van der Waals surface area contributed by atoms with Crippen molar-refractivity contribution in [2.24, 2.45) is 0 Å². The first-order chi connectivity index (χ1) is 32.4. The normalized spacial score (nSPS) is 15.1. The number of benzene rings is 7. The highest BCUT2D eigenvalue weighted by molar-refractivity contribution is 6.37. The Morgan fingerprint density at radius 1 is 0.403 bits per heavy atom. The van der Waals surface area contributed by atoms with Crippen molar-refractivity contribution >= 4 is 75.4 Å². The number of nitrogens with zero attached hydrogens (tertiary/aromatic N) is 5. The number of H-pyrrole nitrogens is 1. The van der Waals surface area contributed by atoms with Crippen LogP contribution in [0.2, 0.25) is 0 Å². The number of aromatic nitrogens is 2. The molecule has 15 heteroatoms. The van der Waals surface area contributed by atoms with E-state index < -0.39 is 47.3 Å². The van der Waals surface area contributed by atoms with Crippen LogP contribution in [0.15, 0.2) is 140 Å². The Kier molecular flexibility index (Phi) is 8.11. The molecule has 0 unspecified atom stereocenters. The number of para-hydroxylation sites is 1. The Morgan fingerprint density at radius 2 is 0.896 bits per heavy atom. The number of amides is 8. The van der Waals surface area contributed by atoms with Gasteiger partial charge in [-0.15, -0.1) is 0 Å². The zero-order chi connectivity index (χ0) is 46.2. The fourth-order valence-electron chi connectivity index (χ4n) is 9.29. The minimum Gasteiger partial charge on any atom is -0.507 e. The lowest BCUT2D eigenvalue weighted by molar-refractivity contribution is 0.0690. The minimum atomic E-state index is -0.644. The molecule has 4 aliphatic rings. The number of carbonyl (C=O) groups is 8. The zero-order valence-corrected chi connectivity index (χ0v) is 34.7. The molecule has 0 radical (unpaired) electrons. The number of fused-ring (bicyclic) bond motifs is 5. The molecule has 0 bridgehead atoms. The number of hydrogen-bond acceptors (Lipinski definition) is 10.